The smallest absolute Gasteiger partial charge is 0.187 e. The third-order valence-corrected chi connectivity index (χ3v) is 2.40. The Hall–Kier alpha value is -1.34. The predicted octanol–water partition coefficient (Wildman–Crippen LogP) is 3.02. The Balaban J connectivity index is 2.69. The quantitative estimate of drug-likeness (QED) is 0.615. The van der Waals surface area contributed by atoms with Crippen molar-refractivity contribution in [1.82, 2.24) is 0 Å². The van der Waals surface area contributed by atoms with Crippen molar-refractivity contribution in [3.05, 3.63) is 53.1 Å². The van der Waals surface area contributed by atoms with Gasteiger partial charge in [-0.2, -0.15) is 0 Å². The third-order valence-electron chi connectivity index (χ3n) is 2.06. The van der Waals surface area contributed by atoms with Crippen LogP contribution in [0, 0.1) is 0 Å². The largest absolute Gasteiger partial charge is 0.289 e. The first kappa shape index (κ1) is 8.27. The molecule has 0 saturated heterocycles. The van der Waals surface area contributed by atoms with Crippen molar-refractivity contribution in [2.45, 2.75) is 0 Å². The van der Waals surface area contributed by atoms with Gasteiger partial charge in [-0.05, 0) is 11.1 Å². The zero-order valence-corrected chi connectivity index (χ0v) is 7.64. The van der Waals surface area contributed by atoms with Crippen LogP contribution in [0.1, 0.15) is 15.9 Å². The van der Waals surface area contributed by atoms with Crippen molar-refractivity contribution in [1.29, 1.82) is 0 Å². The number of allylic oxidation sites excluding steroid dienone is 3. The topological polar surface area (TPSA) is 17.1 Å². The average Bonchev–Trinajstić information content (AvgIpc) is 2.15. The summed E-state index contributed by atoms with van der Waals surface area (Å²) in [5.41, 5.74) is 2.23. The molecule has 0 fully saturated rings. The van der Waals surface area contributed by atoms with Gasteiger partial charge in [0.05, 0.1) is 5.03 Å². The number of fused-ring (bicyclic) bond motifs is 1. The molecule has 1 aliphatic carbocycles. The van der Waals surface area contributed by atoms with Gasteiger partial charge in [0.1, 0.15) is 0 Å². The van der Waals surface area contributed by atoms with Gasteiger partial charge in [-0.1, -0.05) is 42.4 Å². The Morgan fingerprint density at radius 2 is 1.77 bits per heavy atom. The lowest BCUT2D eigenvalue weighted by Crippen LogP contribution is -2.05. The molecule has 0 amide bonds. The van der Waals surface area contributed by atoms with E-state index in [1.807, 2.05) is 18.2 Å². The lowest BCUT2D eigenvalue weighted by Gasteiger charge is -2.13. The molecule has 2 heteroatoms. The Morgan fingerprint density at radius 3 is 2.46 bits per heavy atom. The zero-order chi connectivity index (χ0) is 9.42. The lowest BCUT2D eigenvalue weighted by molar-refractivity contribution is 0.104. The van der Waals surface area contributed by atoms with Crippen LogP contribution in [-0.4, -0.2) is 5.78 Å². The summed E-state index contributed by atoms with van der Waals surface area (Å²) < 4.78 is 0. The van der Waals surface area contributed by atoms with Gasteiger partial charge in [-0.15, -0.1) is 0 Å². The minimum absolute atomic E-state index is 0.0481. The van der Waals surface area contributed by atoms with Crippen molar-refractivity contribution in [2.24, 2.45) is 0 Å². The van der Waals surface area contributed by atoms with Crippen LogP contribution < -0.4 is 0 Å². The minimum Gasteiger partial charge on any atom is -0.289 e. The highest BCUT2D eigenvalue weighted by molar-refractivity contribution is 6.40. The molecule has 1 aliphatic rings. The summed E-state index contributed by atoms with van der Waals surface area (Å²) in [7, 11) is 0. The fraction of sp³-hybridized carbons (Fsp3) is 0. The standard InChI is InChI=1S/C11H7ClO/c1-7-8-4-2-3-5-9(8)11(13)6-10(7)12/h2-6H,1H2. The van der Waals surface area contributed by atoms with Gasteiger partial charge < -0.3 is 0 Å². The first-order chi connectivity index (χ1) is 6.20. The fourth-order valence-corrected chi connectivity index (χ4v) is 1.57. The molecule has 0 aliphatic heterocycles. The Bertz CT molecular complexity index is 429. The second kappa shape index (κ2) is 2.86. The normalized spacial score (nSPS) is 15.3. The Kier molecular flexibility index (Phi) is 1.82. The van der Waals surface area contributed by atoms with E-state index >= 15 is 0 Å². The molecule has 13 heavy (non-hydrogen) atoms. The molecule has 0 unspecified atom stereocenters. The predicted molar refractivity (Wildman–Crippen MR) is 53.7 cm³/mol. The molecule has 1 aromatic carbocycles. The molecule has 64 valence electrons. The molecular weight excluding hydrogens is 184 g/mol. The summed E-state index contributed by atoms with van der Waals surface area (Å²) in [5.74, 6) is -0.0481. The van der Waals surface area contributed by atoms with Gasteiger partial charge in [0, 0.05) is 11.6 Å². The van der Waals surface area contributed by atoms with E-state index in [0.717, 1.165) is 11.1 Å². The molecule has 0 spiro atoms. The van der Waals surface area contributed by atoms with Crippen LogP contribution in [0.2, 0.25) is 0 Å². The number of benzene rings is 1. The number of carbonyl (C=O) groups excluding carboxylic acids is 1. The van der Waals surface area contributed by atoms with E-state index in [4.69, 9.17) is 11.6 Å². The van der Waals surface area contributed by atoms with Crippen molar-refractivity contribution in [3.63, 3.8) is 0 Å². The van der Waals surface area contributed by atoms with Crippen LogP contribution in [-0.2, 0) is 0 Å². The van der Waals surface area contributed by atoms with E-state index < -0.39 is 0 Å². The molecule has 0 radical (unpaired) electrons. The van der Waals surface area contributed by atoms with Crippen LogP contribution in [0.3, 0.4) is 0 Å². The first-order valence-electron chi connectivity index (χ1n) is 3.90. The molecule has 0 saturated carbocycles. The zero-order valence-electron chi connectivity index (χ0n) is 6.88. The van der Waals surface area contributed by atoms with Crippen LogP contribution in [0.4, 0.5) is 0 Å². The second-order valence-electron chi connectivity index (χ2n) is 2.88. The van der Waals surface area contributed by atoms with Gasteiger partial charge in [-0.3, -0.25) is 4.79 Å². The molecule has 1 nitrogen and oxygen atoms in total. The van der Waals surface area contributed by atoms with Gasteiger partial charge in [0.25, 0.3) is 0 Å². The highest BCUT2D eigenvalue weighted by atomic mass is 35.5. The molecule has 0 heterocycles. The maximum atomic E-state index is 11.4. The van der Waals surface area contributed by atoms with E-state index in [2.05, 4.69) is 6.58 Å². The summed E-state index contributed by atoms with van der Waals surface area (Å²) >= 11 is 5.83. The number of carbonyl (C=O) groups is 1. The summed E-state index contributed by atoms with van der Waals surface area (Å²) in [6.07, 6.45) is 1.41. The number of halogens is 1. The molecule has 0 aromatic heterocycles. The average molecular weight is 191 g/mol. The Morgan fingerprint density at radius 1 is 1.15 bits per heavy atom. The molecule has 1 aromatic rings. The number of ketones is 1. The van der Waals surface area contributed by atoms with Gasteiger partial charge in [0.15, 0.2) is 5.78 Å². The molecule has 0 atom stereocenters. The van der Waals surface area contributed by atoms with E-state index in [1.54, 1.807) is 6.07 Å². The van der Waals surface area contributed by atoms with E-state index in [9.17, 15) is 4.79 Å². The maximum Gasteiger partial charge on any atom is 0.187 e. The summed E-state index contributed by atoms with van der Waals surface area (Å²) in [5, 5.41) is 0.434. The van der Waals surface area contributed by atoms with Crippen LogP contribution in [0.25, 0.3) is 5.57 Å². The summed E-state index contributed by atoms with van der Waals surface area (Å²) in [6.45, 7) is 3.82. The minimum atomic E-state index is -0.0481. The highest BCUT2D eigenvalue weighted by Crippen LogP contribution is 2.31. The van der Waals surface area contributed by atoms with Gasteiger partial charge in [-0.25, -0.2) is 0 Å². The monoisotopic (exact) mass is 190 g/mol. The lowest BCUT2D eigenvalue weighted by atomic mass is 9.93. The fourth-order valence-electron chi connectivity index (χ4n) is 1.37. The SMILES string of the molecule is C=C1C(Cl)=CC(=O)c2ccccc21. The van der Waals surface area contributed by atoms with E-state index in [-0.39, 0.29) is 5.78 Å². The van der Waals surface area contributed by atoms with Crippen LogP contribution >= 0.6 is 11.6 Å². The van der Waals surface area contributed by atoms with Crippen molar-refractivity contribution in [2.75, 3.05) is 0 Å². The molecule has 2 rings (SSSR count). The number of hydrogen-bond donors (Lipinski definition) is 0. The first-order valence-corrected chi connectivity index (χ1v) is 4.28. The summed E-state index contributed by atoms with van der Waals surface area (Å²) in [6, 6.07) is 7.33. The van der Waals surface area contributed by atoms with E-state index in [0.29, 0.717) is 10.6 Å². The highest BCUT2D eigenvalue weighted by Gasteiger charge is 2.18. The van der Waals surface area contributed by atoms with Gasteiger partial charge >= 0.3 is 0 Å². The number of rotatable bonds is 0. The Labute approximate surface area is 81.3 Å². The van der Waals surface area contributed by atoms with Gasteiger partial charge in [0.2, 0.25) is 0 Å². The number of hydrogen-bond acceptors (Lipinski definition) is 1. The third kappa shape index (κ3) is 1.21. The van der Waals surface area contributed by atoms with E-state index in [1.165, 1.54) is 6.08 Å². The second-order valence-corrected chi connectivity index (χ2v) is 3.29. The van der Waals surface area contributed by atoms with Crippen molar-refractivity contribution >= 4 is 23.0 Å². The van der Waals surface area contributed by atoms with Crippen LogP contribution in [0.5, 0.6) is 0 Å². The maximum absolute atomic E-state index is 11.4. The summed E-state index contributed by atoms with van der Waals surface area (Å²) in [4.78, 5) is 11.4. The molecule has 0 N–H and O–H groups in total. The van der Waals surface area contributed by atoms with Crippen LogP contribution in [0.15, 0.2) is 42.0 Å². The van der Waals surface area contributed by atoms with Crippen molar-refractivity contribution < 1.29 is 4.79 Å². The van der Waals surface area contributed by atoms with Crippen molar-refractivity contribution in [3.8, 4) is 0 Å². The molecule has 0 bridgehead atoms. The molecular formula is C11H7ClO.